The van der Waals surface area contributed by atoms with Crippen molar-refractivity contribution >= 4 is 16.9 Å². The fraction of sp³-hybridized carbons (Fsp3) is 0.250. The molecule has 1 aliphatic heterocycles. The zero-order valence-corrected chi connectivity index (χ0v) is 8.99. The van der Waals surface area contributed by atoms with Crippen molar-refractivity contribution in [3.63, 3.8) is 0 Å². The van der Waals surface area contributed by atoms with Crippen LogP contribution in [0.2, 0.25) is 0 Å². The van der Waals surface area contributed by atoms with Gasteiger partial charge < -0.3 is 13.9 Å². The fourth-order valence-electron chi connectivity index (χ4n) is 2.21. The molecule has 0 saturated carbocycles. The lowest BCUT2D eigenvalue weighted by Crippen LogP contribution is -1.98. The monoisotopic (exact) mass is 218 g/mol. The molecule has 16 heavy (non-hydrogen) atoms. The van der Waals surface area contributed by atoms with Crippen molar-refractivity contribution in [2.45, 2.75) is 13.5 Å². The highest BCUT2D eigenvalue weighted by molar-refractivity contribution is 6.07. The molecule has 0 amide bonds. The third kappa shape index (κ3) is 0.961. The minimum absolute atomic E-state index is 0.299. The second-order valence-electron chi connectivity index (χ2n) is 3.75. The molecule has 0 aliphatic carbocycles. The molecule has 2 aromatic rings. The zero-order chi connectivity index (χ0) is 11.3. The maximum atomic E-state index is 11.6. The van der Waals surface area contributed by atoms with Crippen molar-refractivity contribution in [3.05, 3.63) is 29.0 Å². The number of esters is 1. The molecule has 82 valence electrons. The maximum Gasteiger partial charge on any atom is 0.342 e. The molecule has 2 heterocycles. The van der Waals surface area contributed by atoms with Crippen molar-refractivity contribution in [3.8, 4) is 5.75 Å². The second kappa shape index (κ2) is 3.01. The van der Waals surface area contributed by atoms with Crippen LogP contribution in [0.3, 0.4) is 0 Å². The Kier molecular flexibility index (Phi) is 1.74. The van der Waals surface area contributed by atoms with Crippen LogP contribution < -0.4 is 4.74 Å². The molecule has 4 nitrogen and oxygen atoms in total. The molecule has 1 aromatic carbocycles. The summed E-state index contributed by atoms with van der Waals surface area (Å²) in [4.78, 5) is 11.6. The lowest BCUT2D eigenvalue weighted by atomic mass is 10.00. The predicted molar refractivity (Wildman–Crippen MR) is 56.6 cm³/mol. The number of fused-ring (bicyclic) bond motifs is 3. The number of hydrogen-bond donors (Lipinski definition) is 0. The van der Waals surface area contributed by atoms with Gasteiger partial charge in [0.2, 0.25) is 0 Å². The van der Waals surface area contributed by atoms with Gasteiger partial charge in [0.05, 0.1) is 18.8 Å². The van der Waals surface area contributed by atoms with E-state index in [4.69, 9.17) is 13.9 Å². The third-order valence-electron chi connectivity index (χ3n) is 2.99. The molecule has 0 N–H and O–H groups in total. The van der Waals surface area contributed by atoms with E-state index < -0.39 is 0 Å². The Bertz CT molecular complexity index is 595. The topological polar surface area (TPSA) is 48.7 Å². The highest BCUT2D eigenvalue weighted by atomic mass is 16.5. The molecule has 3 rings (SSSR count). The van der Waals surface area contributed by atoms with Gasteiger partial charge in [0.25, 0.3) is 0 Å². The summed E-state index contributed by atoms with van der Waals surface area (Å²) in [7, 11) is 1.61. The first kappa shape index (κ1) is 9.27. The molecule has 0 bridgehead atoms. The van der Waals surface area contributed by atoms with Crippen LogP contribution in [-0.4, -0.2) is 13.1 Å². The van der Waals surface area contributed by atoms with E-state index in [-0.39, 0.29) is 5.97 Å². The van der Waals surface area contributed by atoms with Gasteiger partial charge in [-0.05, 0) is 18.6 Å². The highest BCUT2D eigenvalue weighted by Crippen LogP contribution is 2.39. The second-order valence-corrected chi connectivity index (χ2v) is 3.75. The van der Waals surface area contributed by atoms with Gasteiger partial charge in [0.1, 0.15) is 17.9 Å². The molecule has 0 unspecified atom stereocenters. The molecule has 0 saturated heterocycles. The van der Waals surface area contributed by atoms with Gasteiger partial charge in [0, 0.05) is 5.56 Å². The Hall–Kier alpha value is -1.97. The minimum Gasteiger partial charge on any atom is -0.496 e. The standard InChI is InChI=1S/C12H10O4/c1-6-8-5-16-12(13)9(8)11-7(3-4-15-11)10(6)14-2/h3-4H,5H2,1-2H3. The average molecular weight is 218 g/mol. The first-order valence-electron chi connectivity index (χ1n) is 4.97. The van der Waals surface area contributed by atoms with Crippen LogP contribution in [0.1, 0.15) is 21.5 Å². The summed E-state index contributed by atoms with van der Waals surface area (Å²) in [5, 5.41) is 0.817. The van der Waals surface area contributed by atoms with Gasteiger partial charge >= 0.3 is 5.97 Å². The molecule has 0 spiro atoms. The van der Waals surface area contributed by atoms with Gasteiger partial charge in [-0.3, -0.25) is 0 Å². The van der Waals surface area contributed by atoms with Gasteiger partial charge in [0.15, 0.2) is 5.58 Å². The molecular weight excluding hydrogens is 208 g/mol. The zero-order valence-electron chi connectivity index (χ0n) is 8.99. The molecule has 1 aliphatic rings. The van der Waals surface area contributed by atoms with Gasteiger partial charge in [-0.2, -0.15) is 0 Å². The van der Waals surface area contributed by atoms with Crippen LogP contribution >= 0.6 is 0 Å². The number of rotatable bonds is 1. The van der Waals surface area contributed by atoms with E-state index in [0.29, 0.717) is 17.8 Å². The van der Waals surface area contributed by atoms with E-state index in [1.54, 1.807) is 19.4 Å². The molecule has 4 heteroatoms. The van der Waals surface area contributed by atoms with Crippen molar-refractivity contribution in [2.24, 2.45) is 0 Å². The lowest BCUT2D eigenvalue weighted by molar-refractivity contribution is 0.0535. The quantitative estimate of drug-likeness (QED) is 0.689. The SMILES string of the molecule is COc1c(C)c2c(c3occc13)C(=O)OC2. The average Bonchev–Trinajstić information content (AvgIpc) is 2.85. The largest absolute Gasteiger partial charge is 0.496 e. The van der Waals surface area contributed by atoms with Crippen molar-refractivity contribution in [1.29, 1.82) is 0 Å². The van der Waals surface area contributed by atoms with Gasteiger partial charge in [-0.25, -0.2) is 4.79 Å². The summed E-state index contributed by atoms with van der Waals surface area (Å²) < 4.78 is 15.7. The Labute approximate surface area is 91.7 Å². The van der Waals surface area contributed by atoms with Crippen LogP contribution in [0.5, 0.6) is 5.75 Å². The number of carbonyl (C=O) groups excluding carboxylic acids is 1. The summed E-state index contributed by atoms with van der Waals surface area (Å²) in [6.07, 6.45) is 1.55. The maximum absolute atomic E-state index is 11.6. The number of hydrogen-bond acceptors (Lipinski definition) is 4. The summed E-state index contributed by atoms with van der Waals surface area (Å²) >= 11 is 0. The summed E-state index contributed by atoms with van der Waals surface area (Å²) in [5.41, 5.74) is 2.90. The third-order valence-corrected chi connectivity index (χ3v) is 2.99. The van der Waals surface area contributed by atoms with Gasteiger partial charge in [-0.1, -0.05) is 0 Å². The first-order valence-corrected chi connectivity index (χ1v) is 4.97. The summed E-state index contributed by atoms with van der Waals surface area (Å²) in [6, 6.07) is 1.80. The van der Waals surface area contributed by atoms with E-state index in [1.807, 2.05) is 6.92 Å². The van der Waals surface area contributed by atoms with E-state index in [9.17, 15) is 4.79 Å². The van der Waals surface area contributed by atoms with E-state index in [0.717, 1.165) is 22.3 Å². The van der Waals surface area contributed by atoms with Crippen molar-refractivity contribution < 1.29 is 18.7 Å². The lowest BCUT2D eigenvalue weighted by Gasteiger charge is -2.08. The molecule has 0 atom stereocenters. The fourth-order valence-corrected chi connectivity index (χ4v) is 2.21. The number of carbonyl (C=O) groups is 1. The Morgan fingerprint density at radius 1 is 1.44 bits per heavy atom. The highest BCUT2D eigenvalue weighted by Gasteiger charge is 2.30. The smallest absolute Gasteiger partial charge is 0.342 e. The normalized spacial score (nSPS) is 14.0. The summed E-state index contributed by atoms with van der Waals surface area (Å²) in [5.74, 6) is 0.432. The van der Waals surface area contributed by atoms with E-state index >= 15 is 0 Å². The Balaban J connectivity index is 2.50. The number of furan rings is 1. The van der Waals surface area contributed by atoms with Crippen LogP contribution in [0.15, 0.2) is 16.7 Å². The van der Waals surface area contributed by atoms with Gasteiger partial charge in [-0.15, -0.1) is 0 Å². The van der Waals surface area contributed by atoms with E-state index in [1.165, 1.54) is 0 Å². The number of benzene rings is 1. The minimum atomic E-state index is -0.319. The molecule has 0 radical (unpaired) electrons. The van der Waals surface area contributed by atoms with E-state index in [2.05, 4.69) is 0 Å². The first-order chi connectivity index (χ1) is 7.74. The molecular formula is C12H10O4. The Morgan fingerprint density at radius 3 is 3.00 bits per heavy atom. The van der Waals surface area contributed by atoms with Crippen molar-refractivity contribution in [1.82, 2.24) is 0 Å². The van der Waals surface area contributed by atoms with Crippen LogP contribution in [0, 0.1) is 6.92 Å². The number of cyclic esters (lactones) is 1. The summed E-state index contributed by atoms with van der Waals surface area (Å²) in [6.45, 7) is 2.22. The van der Waals surface area contributed by atoms with Crippen molar-refractivity contribution in [2.75, 3.05) is 7.11 Å². The molecule has 0 fully saturated rings. The Morgan fingerprint density at radius 2 is 2.25 bits per heavy atom. The number of ether oxygens (including phenoxy) is 2. The number of methoxy groups -OCH3 is 1. The van der Waals surface area contributed by atoms with Crippen LogP contribution in [-0.2, 0) is 11.3 Å². The van der Waals surface area contributed by atoms with Crippen LogP contribution in [0.25, 0.3) is 11.0 Å². The molecule has 1 aromatic heterocycles. The van der Waals surface area contributed by atoms with Crippen LogP contribution in [0.4, 0.5) is 0 Å². The predicted octanol–water partition coefficient (Wildman–Crippen LogP) is 2.42.